The average Bonchev–Trinajstić information content (AvgIpc) is 2.50. The molecule has 0 radical (unpaired) electrons. The van der Waals surface area contributed by atoms with E-state index in [0.717, 1.165) is 6.42 Å². The van der Waals surface area contributed by atoms with Gasteiger partial charge in [-0.25, -0.2) is 0 Å². The Morgan fingerprint density at radius 1 is 1.43 bits per heavy atom. The Balaban J connectivity index is 2.89. The lowest BCUT2D eigenvalue weighted by atomic mass is 10.1. The highest BCUT2D eigenvalue weighted by atomic mass is 35.5. The van der Waals surface area contributed by atoms with Crippen LogP contribution in [0.4, 0.5) is 0 Å². The van der Waals surface area contributed by atoms with Gasteiger partial charge in [-0.15, -0.1) is 0 Å². The summed E-state index contributed by atoms with van der Waals surface area (Å²) >= 11 is 6.19. The van der Waals surface area contributed by atoms with Crippen molar-refractivity contribution in [3.8, 4) is 11.5 Å². The second-order valence-corrected chi connectivity index (χ2v) is 5.14. The summed E-state index contributed by atoms with van der Waals surface area (Å²) in [4.78, 5) is 12.1. The number of hydrogen-bond donors (Lipinski definition) is 2. The quantitative estimate of drug-likeness (QED) is 0.774. The van der Waals surface area contributed by atoms with E-state index in [-0.39, 0.29) is 11.9 Å². The minimum absolute atomic E-state index is 0.193. The Kier molecular flexibility index (Phi) is 7.32. The maximum Gasteiger partial charge on any atom is 0.251 e. The normalized spacial score (nSPS) is 11.9. The van der Waals surface area contributed by atoms with Crippen LogP contribution >= 0.6 is 11.6 Å². The summed E-state index contributed by atoms with van der Waals surface area (Å²) in [6.07, 6.45) is 0.865. The van der Waals surface area contributed by atoms with Crippen LogP contribution in [0, 0.1) is 0 Å². The van der Waals surface area contributed by atoms with Crippen LogP contribution in [0.25, 0.3) is 0 Å². The number of amides is 1. The van der Waals surface area contributed by atoms with E-state index in [9.17, 15) is 4.79 Å². The molecule has 1 unspecified atom stereocenters. The molecule has 1 aromatic carbocycles. The molecule has 0 heterocycles. The van der Waals surface area contributed by atoms with Crippen LogP contribution in [0.1, 0.15) is 30.6 Å². The second-order valence-electron chi connectivity index (χ2n) is 4.74. The summed E-state index contributed by atoms with van der Waals surface area (Å²) in [5.41, 5.74) is 0.448. The number of ether oxygens (including phenoxy) is 2. The van der Waals surface area contributed by atoms with E-state index < -0.39 is 0 Å². The van der Waals surface area contributed by atoms with Crippen LogP contribution in [-0.4, -0.2) is 39.3 Å². The molecular weight excluding hydrogens is 292 g/mol. The lowest BCUT2D eigenvalue weighted by Crippen LogP contribution is -2.37. The number of carbonyl (C=O) groups excluding carboxylic acids is 1. The van der Waals surface area contributed by atoms with Gasteiger partial charge >= 0.3 is 0 Å². The van der Waals surface area contributed by atoms with E-state index in [2.05, 4.69) is 10.6 Å². The van der Waals surface area contributed by atoms with Gasteiger partial charge in [-0.05, 0) is 32.5 Å². The number of nitrogens with one attached hydrogen (secondary N) is 2. The maximum absolute atomic E-state index is 12.1. The number of hydrogen-bond acceptors (Lipinski definition) is 4. The van der Waals surface area contributed by atoms with Crippen molar-refractivity contribution >= 4 is 17.5 Å². The van der Waals surface area contributed by atoms with Crippen LogP contribution in [0.5, 0.6) is 11.5 Å². The summed E-state index contributed by atoms with van der Waals surface area (Å²) in [5, 5.41) is 6.26. The number of benzene rings is 1. The molecule has 0 bridgehead atoms. The highest BCUT2D eigenvalue weighted by Gasteiger charge is 2.16. The Hall–Kier alpha value is -1.46. The molecule has 0 saturated heterocycles. The molecule has 0 aromatic heterocycles. The van der Waals surface area contributed by atoms with Crippen LogP contribution < -0.4 is 20.1 Å². The van der Waals surface area contributed by atoms with Crippen molar-refractivity contribution in [3.63, 3.8) is 0 Å². The first-order valence-corrected chi connectivity index (χ1v) is 7.37. The van der Waals surface area contributed by atoms with Gasteiger partial charge in [0.2, 0.25) is 0 Å². The number of likely N-dealkylation sites (N-methyl/N-ethyl adjacent to an activating group) is 1. The van der Waals surface area contributed by atoms with Gasteiger partial charge in [0.25, 0.3) is 5.91 Å². The van der Waals surface area contributed by atoms with Gasteiger partial charge in [-0.2, -0.15) is 0 Å². The molecule has 0 aliphatic rings. The fraction of sp³-hybridized carbons (Fsp3) is 0.533. The first kappa shape index (κ1) is 17.6. The minimum atomic E-state index is -0.195. The molecule has 1 aromatic rings. The molecule has 6 heteroatoms. The molecule has 2 N–H and O–H groups in total. The second kappa shape index (κ2) is 8.74. The van der Waals surface area contributed by atoms with Crippen molar-refractivity contribution < 1.29 is 14.3 Å². The maximum atomic E-state index is 12.1. The predicted molar refractivity (Wildman–Crippen MR) is 84.6 cm³/mol. The van der Waals surface area contributed by atoms with Gasteiger partial charge in [-0.3, -0.25) is 4.79 Å². The standard InChI is InChI=1S/C15H23ClN2O3/c1-5-6-21-14-12(16)7-11(8-13(14)20-4)15(19)18-9-10(2)17-3/h7-8,10,17H,5-6,9H2,1-4H3,(H,18,19). The topological polar surface area (TPSA) is 59.6 Å². The molecule has 0 fully saturated rings. The molecule has 1 rings (SSSR count). The van der Waals surface area contributed by atoms with Gasteiger partial charge in [0.15, 0.2) is 11.5 Å². The van der Waals surface area contributed by atoms with Crippen molar-refractivity contribution in [2.24, 2.45) is 0 Å². The zero-order chi connectivity index (χ0) is 15.8. The Morgan fingerprint density at radius 3 is 2.71 bits per heavy atom. The monoisotopic (exact) mass is 314 g/mol. The first-order valence-electron chi connectivity index (χ1n) is 6.99. The Morgan fingerprint density at radius 2 is 2.14 bits per heavy atom. The fourth-order valence-corrected chi connectivity index (χ4v) is 1.91. The van der Waals surface area contributed by atoms with Gasteiger partial charge < -0.3 is 20.1 Å². The van der Waals surface area contributed by atoms with Gasteiger partial charge in [-0.1, -0.05) is 18.5 Å². The van der Waals surface area contributed by atoms with Crippen LogP contribution in [-0.2, 0) is 0 Å². The molecular formula is C15H23ClN2O3. The predicted octanol–water partition coefficient (Wildman–Crippen LogP) is 2.48. The number of methoxy groups -OCH3 is 1. The number of rotatable bonds is 8. The number of carbonyl (C=O) groups is 1. The molecule has 0 saturated carbocycles. The van der Waals surface area contributed by atoms with Crippen molar-refractivity contribution in [1.82, 2.24) is 10.6 Å². The van der Waals surface area contributed by atoms with Gasteiger partial charge in [0.05, 0.1) is 18.7 Å². The zero-order valence-electron chi connectivity index (χ0n) is 13.0. The lowest BCUT2D eigenvalue weighted by Gasteiger charge is -2.15. The fourth-order valence-electron chi connectivity index (χ4n) is 1.65. The highest BCUT2D eigenvalue weighted by Crippen LogP contribution is 2.36. The Bertz CT molecular complexity index is 480. The van der Waals surface area contributed by atoms with E-state index in [1.54, 1.807) is 12.1 Å². The van der Waals surface area contributed by atoms with E-state index in [0.29, 0.717) is 35.2 Å². The van der Waals surface area contributed by atoms with Crippen molar-refractivity contribution in [1.29, 1.82) is 0 Å². The average molecular weight is 315 g/mol. The smallest absolute Gasteiger partial charge is 0.251 e. The summed E-state index contributed by atoms with van der Waals surface area (Å²) < 4.78 is 10.8. The van der Waals surface area contributed by atoms with E-state index >= 15 is 0 Å². The van der Waals surface area contributed by atoms with Crippen molar-refractivity contribution in [2.75, 3.05) is 27.3 Å². The summed E-state index contributed by atoms with van der Waals surface area (Å²) in [5.74, 6) is 0.739. The van der Waals surface area contributed by atoms with Gasteiger partial charge in [0, 0.05) is 18.2 Å². The van der Waals surface area contributed by atoms with Crippen LogP contribution in [0.2, 0.25) is 5.02 Å². The molecule has 1 atom stereocenters. The van der Waals surface area contributed by atoms with Crippen LogP contribution in [0.3, 0.4) is 0 Å². The van der Waals surface area contributed by atoms with Gasteiger partial charge in [0.1, 0.15) is 0 Å². The minimum Gasteiger partial charge on any atom is -0.493 e. The van der Waals surface area contributed by atoms with Crippen molar-refractivity contribution in [2.45, 2.75) is 26.3 Å². The highest BCUT2D eigenvalue weighted by molar-refractivity contribution is 6.32. The molecule has 1 amide bonds. The summed E-state index contributed by atoms with van der Waals surface area (Å²) in [6, 6.07) is 3.42. The zero-order valence-corrected chi connectivity index (χ0v) is 13.7. The molecule has 0 spiro atoms. The molecule has 21 heavy (non-hydrogen) atoms. The largest absolute Gasteiger partial charge is 0.493 e. The molecule has 0 aliphatic carbocycles. The van der Waals surface area contributed by atoms with E-state index in [1.165, 1.54) is 7.11 Å². The molecule has 0 aliphatic heterocycles. The summed E-state index contributed by atoms with van der Waals surface area (Å²) in [7, 11) is 3.37. The third-order valence-electron chi connectivity index (χ3n) is 3.00. The van der Waals surface area contributed by atoms with E-state index in [1.807, 2.05) is 20.9 Å². The first-order chi connectivity index (χ1) is 10.0. The lowest BCUT2D eigenvalue weighted by molar-refractivity contribution is 0.0950. The van der Waals surface area contributed by atoms with E-state index in [4.69, 9.17) is 21.1 Å². The third kappa shape index (κ3) is 5.10. The molecule has 5 nitrogen and oxygen atoms in total. The summed E-state index contributed by atoms with van der Waals surface area (Å²) in [6.45, 7) is 5.06. The SMILES string of the molecule is CCCOc1c(Cl)cc(C(=O)NCC(C)NC)cc1OC. The van der Waals surface area contributed by atoms with Crippen molar-refractivity contribution in [3.05, 3.63) is 22.7 Å². The third-order valence-corrected chi connectivity index (χ3v) is 3.28. The Labute approximate surface area is 131 Å². The number of halogens is 1. The van der Waals surface area contributed by atoms with Crippen LogP contribution in [0.15, 0.2) is 12.1 Å². The molecule has 118 valence electrons.